The lowest BCUT2D eigenvalue weighted by molar-refractivity contribution is -0.119. The van der Waals surface area contributed by atoms with Gasteiger partial charge in [-0.05, 0) is 25.0 Å². The highest BCUT2D eigenvalue weighted by Gasteiger charge is 2.30. The highest BCUT2D eigenvalue weighted by Crippen LogP contribution is 2.37. The zero-order valence-corrected chi connectivity index (χ0v) is 21.4. The maximum absolute atomic E-state index is 12.8. The van der Waals surface area contributed by atoms with Crippen molar-refractivity contribution in [3.05, 3.63) is 36.2 Å². The minimum absolute atomic E-state index is 0.0676. The van der Waals surface area contributed by atoms with Crippen molar-refractivity contribution < 1.29 is 19.1 Å². The third kappa shape index (κ3) is 7.36. The second kappa shape index (κ2) is 11.6. The van der Waals surface area contributed by atoms with Crippen LogP contribution < -0.4 is 26.0 Å². The molecule has 0 saturated heterocycles. The first kappa shape index (κ1) is 27.7. The van der Waals surface area contributed by atoms with Crippen LogP contribution in [0, 0.1) is 5.92 Å². The number of carbonyl (C=O) groups is 3. The molecule has 1 aromatic carbocycles. The van der Waals surface area contributed by atoms with Gasteiger partial charge in [-0.15, -0.1) is 10.2 Å². The van der Waals surface area contributed by atoms with Gasteiger partial charge in [-0.3, -0.25) is 14.4 Å². The van der Waals surface area contributed by atoms with E-state index in [4.69, 9.17) is 28.3 Å². The van der Waals surface area contributed by atoms with Crippen LogP contribution in [0.3, 0.4) is 0 Å². The Labute approximate surface area is 228 Å². The topological polar surface area (TPSA) is 165 Å². The standard InChI is InChI=1S/C23H24B3N9O4/c1-12(36)27-8-9-35-28-11-17(34-35)14-4-3-5-15(20(14)39-2)29-16-10-18(30-21(37)13-6-7-13)32-33-19(16)22(38)31-23(24,25)26/h3-5,10-11,13H,6-9H2,1-2H3,(H,27,36)(H,31,38)(H2,29,30,32,37). The van der Waals surface area contributed by atoms with Crippen molar-refractivity contribution in [3.8, 4) is 17.0 Å². The van der Waals surface area contributed by atoms with Gasteiger partial charge < -0.3 is 26.0 Å². The van der Waals surface area contributed by atoms with Crippen LogP contribution in [0.2, 0.25) is 0 Å². The first-order valence-electron chi connectivity index (χ1n) is 12.0. The van der Waals surface area contributed by atoms with Gasteiger partial charge in [0.25, 0.3) is 5.91 Å². The fraction of sp³-hybridized carbons (Fsp3) is 0.348. The Hall–Kier alpha value is -4.36. The average molecular weight is 523 g/mol. The number of hydrogen-bond acceptors (Lipinski definition) is 9. The van der Waals surface area contributed by atoms with Gasteiger partial charge in [0.15, 0.2) is 17.3 Å². The lowest BCUT2D eigenvalue weighted by Crippen LogP contribution is -2.50. The molecule has 4 N–H and O–H groups in total. The number of carbonyl (C=O) groups excluding carboxylic acids is 3. The Morgan fingerprint density at radius 3 is 2.59 bits per heavy atom. The summed E-state index contributed by atoms with van der Waals surface area (Å²) in [6.07, 6.45) is 3.17. The molecule has 2 aromatic heterocycles. The van der Waals surface area contributed by atoms with E-state index in [1.54, 1.807) is 24.4 Å². The molecule has 1 saturated carbocycles. The highest BCUT2D eigenvalue weighted by molar-refractivity contribution is 6.60. The van der Waals surface area contributed by atoms with Crippen LogP contribution in [0.25, 0.3) is 11.3 Å². The van der Waals surface area contributed by atoms with Gasteiger partial charge in [0.05, 0.1) is 54.8 Å². The second-order valence-electron chi connectivity index (χ2n) is 8.96. The number of nitrogens with one attached hydrogen (secondary N) is 4. The molecule has 1 fully saturated rings. The molecule has 4 rings (SSSR count). The number of benzene rings is 1. The Bertz CT molecular complexity index is 1390. The maximum atomic E-state index is 12.8. The van der Waals surface area contributed by atoms with Crippen molar-refractivity contribution in [1.82, 2.24) is 35.8 Å². The number of rotatable bonds is 11. The largest absolute Gasteiger partial charge is 0.494 e. The van der Waals surface area contributed by atoms with E-state index in [2.05, 4.69) is 41.7 Å². The van der Waals surface area contributed by atoms with Crippen molar-refractivity contribution >= 4 is 58.5 Å². The summed E-state index contributed by atoms with van der Waals surface area (Å²) < 4.78 is 5.68. The molecule has 16 heteroatoms. The summed E-state index contributed by atoms with van der Waals surface area (Å²) >= 11 is 0. The number of amides is 3. The summed E-state index contributed by atoms with van der Waals surface area (Å²) in [6, 6.07) is 6.72. The Balaban J connectivity index is 1.65. The van der Waals surface area contributed by atoms with Crippen molar-refractivity contribution in [2.45, 2.75) is 31.5 Å². The Morgan fingerprint density at radius 1 is 1.15 bits per heavy atom. The molecule has 1 aliphatic rings. The highest BCUT2D eigenvalue weighted by atomic mass is 16.5. The molecule has 3 aromatic rings. The zero-order chi connectivity index (χ0) is 28.2. The number of ether oxygens (including phenoxy) is 1. The monoisotopic (exact) mass is 523 g/mol. The zero-order valence-electron chi connectivity index (χ0n) is 21.4. The van der Waals surface area contributed by atoms with E-state index in [1.165, 1.54) is 24.9 Å². The van der Waals surface area contributed by atoms with Crippen molar-refractivity contribution in [1.29, 1.82) is 0 Å². The number of hydrogen-bond donors (Lipinski definition) is 4. The van der Waals surface area contributed by atoms with Gasteiger partial charge in [-0.2, -0.15) is 15.0 Å². The predicted octanol–water partition coefficient (Wildman–Crippen LogP) is -0.182. The second-order valence-corrected chi connectivity index (χ2v) is 8.96. The molecule has 0 atom stereocenters. The molecular formula is C23H24B3N9O4. The number of para-hydroxylation sites is 1. The third-order valence-corrected chi connectivity index (χ3v) is 5.53. The van der Waals surface area contributed by atoms with Gasteiger partial charge in [0.1, 0.15) is 5.69 Å². The fourth-order valence-corrected chi connectivity index (χ4v) is 3.61. The van der Waals surface area contributed by atoms with Crippen LogP contribution in [0.15, 0.2) is 30.5 Å². The summed E-state index contributed by atoms with van der Waals surface area (Å²) in [5.74, 6) is -0.659. The number of nitrogens with zero attached hydrogens (tertiary/aromatic N) is 5. The molecule has 2 heterocycles. The molecule has 194 valence electrons. The summed E-state index contributed by atoms with van der Waals surface area (Å²) in [4.78, 5) is 37.7. The first-order chi connectivity index (χ1) is 18.5. The van der Waals surface area contributed by atoms with E-state index in [9.17, 15) is 14.4 Å². The summed E-state index contributed by atoms with van der Waals surface area (Å²) in [7, 11) is 18.1. The smallest absolute Gasteiger partial charge is 0.272 e. The molecular weight excluding hydrogens is 499 g/mol. The van der Waals surface area contributed by atoms with Crippen LogP contribution in [0.1, 0.15) is 30.3 Å². The predicted molar refractivity (Wildman–Crippen MR) is 145 cm³/mol. The molecule has 1 aliphatic carbocycles. The molecule has 0 unspecified atom stereocenters. The number of aromatic nitrogens is 5. The van der Waals surface area contributed by atoms with Gasteiger partial charge in [-0.1, -0.05) is 11.3 Å². The van der Waals surface area contributed by atoms with E-state index in [-0.39, 0.29) is 34.9 Å². The van der Waals surface area contributed by atoms with Crippen molar-refractivity contribution in [3.63, 3.8) is 0 Å². The van der Waals surface area contributed by atoms with Crippen molar-refractivity contribution in [2.24, 2.45) is 5.92 Å². The minimum atomic E-state index is -2.00. The van der Waals surface area contributed by atoms with Crippen LogP contribution in [-0.4, -0.2) is 85.3 Å². The quantitative estimate of drug-likeness (QED) is 0.250. The molecule has 0 bridgehead atoms. The summed E-state index contributed by atoms with van der Waals surface area (Å²) in [6.45, 7) is 2.18. The Kier molecular flexibility index (Phi) is 8.22. The molecule has 6 radical (unpaired) electrons. The van der Waals surface area contributed by atoms with Crippen LogP contribution in [0.5, 0.6) is 5.75 Å². The van der Waals surface area contributed by atoms with Gasteiger partial charge in [-0.25, -0.2) is 0 Å². The summed E-state index contributed by atoms with van der Waals surface area (Å²) in [5, 5.41) is 25.3. The minimum Gasteiger partial charge on any atom is -0.494 e. The van der Waals surface area contributed by atoms with Gasteiger partial charge >= 0.3 is 0 Å². The lowest BCUT2D eigenvalue weighted by Gasteiger charge is -2.23. The molecule has 13 nitrogen and oxygen atoms in total. The molecule has 0 spiro atoms. The van der Waals surface area contributed by atoms with E-state index in [1.807, 2.05) is 0 Å². The van der Waals surface area contributed by atoms with E-state index in [0.29, 0.717) is 35.8 Å². The maximum Gasteiger partial charge on any atom is 0.272 e. The first-order valence-corrected chi connectivity index (χ1v) is 12.0. The molecule has 0 aliphatic heterocycles. The van der Waals surface area contributed by atoms with Crippen molar-refractivity contribution in [2.75, 3.05) is 24.3 Å². The average Bonchev–Trinajstić information content (AvgIpc) is 3.61. The Morgan fingerprint density at radius 2 is 1.92 bits per heavy atom. The number of anilines is 3. The summed E-state index contributed by atoms with van der Waals surface area (Å²) in [5.41, 5.74) is 1.56. The third-order valence-electron chi connectivity index (χ3n) is 5.53. The lowest BCUT2D eigenvalue weighted by atomic mass is 9.49. The normalized spacial score (nSPS) is 12.9. The fourth-order valence-electron chi connectivity index (χ4n) is 3.61. The van der Waals surface area contributed by atoms with E-state index >= 15 is 0 Å². The van der Waals surface area contributed by atoms with E-state index in [0.717, 1.165) is 12.8 Å². The van der Waals surface area contributed by atoms with Gasteiger partial charge in [0, 0.05) is 31.0 Å². The van der Waals surface area contributed by atoms with Crippen LogP contribution >= 0.6 is 0 Å². The molecule has 39 heavy (non-hydrogen) atoms. The SMILES string of the molecule is [B]C([B])([B])NC(=O)c1nnc(NC(=O)C2CC2)cc1Nc1cccc(-c2cnn(CCNC(C)=O)n2)c1OC. The van der Waals surface area contributed by atoms with Crippen LogP contribution in [-0.2, 0) is 16.1 Å². The van der Waals surface area contributed by atoms with E-state index < -0.39 is 11.1 Å². The van der Waals surface area contributed by atoms with Gasteiger partial charge in [0.2, 0.25) is 11.8 Å². The van der Waals surface area contributed by atoms with Crippen LogP contribution in [0.4, 0.5) is 17.2 Å². The number of methoxy groups -OCH3 is 1. The molecule has 3 amide bonds.